The molecule has 14 nitrogen and oxygen atoms in total. The van der Waals surface area contributed by atoms with Crippen molar-refractivity contribution < 1.29 is 22.6 Å². The molecule has 310 valence electrons. The molecule has 0 saturated carbocycles. The Labute approximate surface area is 340 Å². The van der Waals surface area contributed by atoms with Crippen molar-refractivity contribution in [3.8, 4) is 11.5 Å². The Morgan fingerprint density at radius 1 is 0.695 bits per heavy atom. The summed E-state index contributed by atoms with van der Waals surface area (Å²) in [5.41, 5.74) is 3.84. The molecule has 0 radical (unpaired) electrons. The van der Waals surface area contributed by atoms with E-state index in [1.165, 1.54) is 10.7 Å². The molecule has 2 atom stereocenters. The molecule has 0 bridgehead atoms. The van der Waals surface area contributed by atoms with Gasteiger partial charge in [0.15, 0.2) is 17.1 Å². The van der Waals surface area contributed by atoms with Crippen LogP contribution >= 0.6 is 0 Å². The molecular formula is C42H49F3N12O2. The van der Waals surface area contributed by atoms with E-state index in [1.54, 1.807) is 4.52 Å². The second kappa shape index (κ2) is 16.8. The molecule has 4 N–H and O–H groups in total. The first-order chi connectivity index (χ1) is 28.9. The van der Waals surface area contributed by atoms with E-state index in [2.05, 4.69) is 51.2 Å². The minimum atomic E-state index is -1.15. The average Bonchev–Trinajstić information content (AvgIpc) is 4.05. The maximum Gasteiger partial charge on any atom is 0.271 e. The van der Waals surface area contributed by atoms with Gasteiger partial charge in [-0.05, 0) is 114 Å². The first-order valence-electron chi connectivity index (χ1n) is 20.7. The number of halogens is 3. The van der Waals surface area contributed by atoms with Crippen LogP contribution in [0.3, 0.4) is 0 Å². The summed E-state index contributed by atoms with van der Waals surface area (Å²) in [6, 6.07) is 15.9. The van der Waals surface area contributed by atoms with Crippen molar-refractivity contribution in [1.82, 2.24) is 39.8 Å². The van der Waals surface area contributed by atoms with Gasteiger partial charge in [-0.25, -0.2) is 14.4 Å². The molecule has 0 spiro atoms. The second-order valence-corrected chi connectivity index (χ2v) is 15.1. The molecule has 59 heavy (non-hydrogen) atoms. The van der Waals surface area contributed by atoms with E-state index in [-0.39, 0.29) is 11.3 Å². The molecule has 2 saturated heterocycles. The van der Waals surface area contributed by atoms with Gasteiger partial charge in [0.2, 0.25) is 5.82 Å². The van der Waals surface area contributed by atoms with Crippen molar-refractivity contribution in [3.63, 3.8) is 0 Å². The van der Waals surface area contributed by atoms with Crippen LogP contribution in [0.25, 0.3) is 11.3 Å². The average molecular weight is 811 g/mol. The van der Waals surface area contributed by atoms with Gasteiger partial charge >= 0.3 is 0 Å². The summed E-state index contributed by atoms with van der Waals surface area (Å²) in [7, 11) is 0. The Hall–Kier alpha value is -5.81. The van der Waals surface area contributed by atoms with E-state index in [1.807, 2.05) is 62.4 Å². The number of benzene rings is 2. The number of anilines is 6. The maximum absolute atomic E-state index is 14.5. The van der Waals surface area contributed by atoms with E-state index in [0.29, 0.717) is 36.9 Å². The highest BCUT2D eigenvalue weighted by Gasteiger charge is 2.34. The Bertz CT molecular complexity index is 2410. The van der Waals surface area contributed by atoms with Crippen LogP contribution in [0.5, 0.6) is 11.5 Å². The number of hydrogen-bond acceptors (Lipinski definition) is 12. The number of nitrogens with one attached hydrogen (secondary N) is 4. The fourth-order valence-electron chi connectivity index (χ4n) is 8.66. The van der Waals surface area contributed by atoms with Gasteiger partial charge in [-0.1, -0.05) is 0 Å². The highest BCUT2D eigenvalue weighted by Crippen LogP contribution is 2.39. The second-order valence-electron chi connectivity index (χ2n) is 15.1. The number of fused-ring (bicyclic) bond motifs is 4. The molecule has 4 aliphatic rings. The molecule has 0 amide bonds. The SMILES string of the molecule is CCOc1ccc(Nc2c3c(nc4c(F)c(F)nn24)N([C@H]2CCCNC2)CC3)cc1.CCOc1ccc(Nc2c3c(nc4c(F)cnn24)N([C@H]2CCCNC2)CC3)cc1. The van der Waals surface area contributed by atoms with E-state index in [4.69, 9.17) is 9.47 Å². The van der Waals surface area contributed by atoms with Crippen molar-refractivity contribution in [2.75, 3.05) is 72.9 Å². The van der Waals surface area contributed by atoms with Crippen LogP contribution in [0.4, 0.5) is 47.8 Å². The lowest BCUT2D eigenvalue weighted by atomic mass is 10.1. The topological polar surface area (TPSA) is 133 Å². The Balaban J connectivity index is 0.000000152. The lowest BCUT2D eigenvalue weighted by molar-refractivity contribution is 0.340. The van der Waals surface area contributed by atoms with Crippen molar-refractivity contribution in [1.29, 1.82) is 0 Å². The lowest BCUT2D eigenvalue weighted by Crippen LogP contribution is -2.45. The lowest BCUT2D eigenvalue weighted by Gasteiger charge is -2.33. The zero-order chi connectivity index (χ0) is 40.5. The number of aromatic nitrogens is 6. The first kappa shape index (κ1) is 38.7. The van der Waals surface area contributed by atoms with Crippen molar-refractivity contribution >= 4 is 45.9 Å². The number of piperidine rings is 2. The molecule has 0 unspecified atom stereocenters. The van der Waals surface area contributed by atoms with Crippen LogP contribution in [0.15, 0.2) is 54.7 Å². The summed E-state index contributed by atoms with van der Waals surface area (Å²) in [5.74, 6) is 1.92. The van der Waals surface area contributed by atoms with E-state index in [0.717, 1.165) is 123 Å². The van der Waals surface area contributed by atoms with Crippen LogP contribution < -0.4 is 40.5 Å². The molecule has 6 aromatic rings. The number of hydrogen-bond donors (Lipinski definition) is 4. The number of rotatable bonds is 10. The molecular weight excluding hydrogens is 762 g/mol. The smallest absolute Gasteiger partial charge is 0.271 e. The third-order valence-corrected chi connectivity index (χ3v) is 11.5. The van der Waals surface area contributed by atoms with Gasteiger partial charge in [0.05, 0.1) is 19.4 Å². The molecule has 8 heterocycles. The van der Waals surface area contributed by atoms with Crippen LogP contribution in [0.1, 0.15) is 50.7 Å². The molecule has 2 aromatic carbocycles. The molecule has 0 aliphatic carbocycles. The summed E-state index contributed by atoms with van der Waals surface area (Å²) < 4.78 is 56.7. The summed E-state index contributed by atoms with van der Waals surface area (Å²) in [6.45, 7) is 10.7. The van der Waals surface area contributed by atoms with Crippen LogP contribution in [-0.2, 0) is 12.8 Å². The Morgan fingerprint density at radius 3 is 1.69 bits per heavy atom. The maximum atomic E-state index is 14.5. The third kappa shape index (κ3) is 7.64. The molecule has 2 fully saturated rings. The Morgan fingerprint density at radius 2 is 1.20 bits per heavy atom. The monoisotopic (exact) mass is 810 g/mol. The predicted molar refractivity (Wildman–Crippen MR) is 222 cm³/mol. The van der Waals surface area contributed by atoms with E-state index < -0.39 is 17.6 Å². The van der Waals surface area contributed by atoms with Gasteiger partial charge in [-0.15, -0.1) is 5.10 Å². The first-order valence-corrected chi connectivity index (χ1v) is 20.7. The van der Waals surface area contributed by atoms with E-state index in [9.17, 15) is 13.2 Å². The van der Waals surface area contributed by atoms with Gasteiger partial charge in [-0.3, -0.25) is 0 Å². The molecule has 17 heteroatoms. The molecule has 10 rings (SSSR count). The fourth-order valence-corrected chi connectivity index (χ4v) is 8.66. The van der Waals surface area contributed by atoms with Gasteiger partial charge in [0.25, 0.3) is 5.95 Å². The largest absolute Gasteiger partial charge is 0.494 e. The highest BCUT2D eigenvalue weighted by molar-refractivity contribution is 5.74. The molecule has 4 aliphatic heterocycles. The third-order valence-electron chi connectivity index (χ3n) is 11.5. The van der Waals surface area contributed by atoms with Gasteiger partial charge < -0.3 is 40.5 Å². The summed E-state index contributed by atoms with van der Waals surface area (Å²) in [6.07, 6.45) is 7.24. The minimum absolute atomic E-state index is 0.102. The van der Waals surface area contributed by atoms with Crippen molar-refractivity contribution in [2.24, 2.45) is 0 Å². The van der Waals surface area contributed by atoms with Gasteiger partial charge in [0.1, 0.15) is 34.8 Å². The van der Waals surface area contributed by atoms with Gasteiger partial charge in [-0.2, -0.15) is 22.9 Å². The van der Waals surface area contributed by atoms with Crippen LogP contribution in [0.2, 0.25) is 0 Å². The van der Waals surface area contributed by atoms with Crippen LogP contribution in [0, 0.1) is 17.6 Å². The van der Waals surface area contributed by atoms with Crippen LogP contribution in [-0.4, -0.2) is 93.8 Å². The zero-order valence-corrected chi connectivity index (χ0v) is 33.3. The van der Waals surface area contributed by atoms with Gasteiger partial charge in [0, 0.05) is 60.8 Å². The van der Waals surface area contributed by atoms with Crippen molar-refractivity contribution in [2.45, 2.75) is 64.5 Å². The summed E-state index contributed by atoms with van der Waals surface area (Å²) in [4.78, 5) is 13.7. The number of ether oxygens (including phenoxy) is 2. The fraction of sp³-hybridized carbons (Fsp3) is 0.429. The normalized spacial score (nSPS) is 18.7. The van der Waals surface area contributed by atoms with Crippen molar-refractivity contribution in [3.05, 3.63) is 83.4 Å². The number of nitrogens with zero attached hydrogens (tertiary/aromatic N) is 8. The summed E-state index contributed by atoms with van der Waals surface area (Å²) in [5, 5.41) is 21.6. The molecule has 4 aromatic heterocycles. The Kier molecular flexibility index (Phi) is 11.0. The van der Waals surface area contributed by atoms with E-state index >= 15 is 0 Å². The summed E-state index contributed by atoms with van der Waals surface area (Å²) >= 11 is 0. The predicted octanol–water partition coefficient (Wildman–Crippen LogP) is 6.39. The highest BCUT2D eigenvalue weighted by atomic mass is 19.2. The standard InChI is InChI=1S/C21H24F2N6O.C21H25FN6O/c1-2-30-15-7-5-13(6-8-15)25-20-16-9-11-28(14-4-3-10-24-12-14)19(16)26-21-17(22)18(23)27-29(20)21;1-2-29-16-7-5-14(6-8-16)25-20-17-9-11-27(15-4-3-10-23-12-15)19(17)26-21-18(22)13-24-28(20)21/h5-8,14,24-25H,2-4,9-12H2,1H3;5-8,13,15,23,25H,2-4,9-12H2,1H3/t14-;15-/m00/s1. The quantitative estimate of drug-likeness (QED) is 0.122. The zero-order valence-electron chi connectivity index (χ0n) is 33.3. The minimum Gasteiger partial charge on any atom is -0.494 e.